The van der Waals surface area contributed by atoms with E-state index < -0.39 is 0 Å². The summed E-state index contributed by atoms with van der Waals surface area (Å²) in [7, 11) is 1.84. The summed E-state index contributed by atoms with van der Waals surface area (Å²) in [6, 6.07) is 1.88. The zero-order valence-corrected chi connectivity index (χ0v) is 5.53. The van der Waals surface area contributed by atoms with Crippen LogP contribution in [0, 0.1) is 11.3 Å². The maximum atomic E-state index is 7.93. The van der Waals surface area contributed by atoms with E-state index in [1.807, 2.05) is 13.1 Å². The molecule has 0 aromatic rings. The number of hydrogen-bond acceptors (Lipinski definition) is 2. The van der Waals surface area contributed by atoms with Crippen LogP contribution in [-0.2, 0) is 0 Å². The molecule has 0 saturated heterocycles. The van der Waals surface area contributed by atoms with Gasteiger partial charge in [-0.2, -0.15) is 5.26 Å². The number of rotatable bonds is 2. The van der Waals surface area contributed by atoms with Gasteiger partial charge in [-0.25, -0.2) is 0 Å². The monoisotopic (exact) mass is 132 g/mol. The Balaban J connectivity index is 0. The van der Waals surface area contributed by atoms with Crippen LogP contribution in [0.2, 0.25) is 0 Å². The van der Waals surface area contributed by atoms with Crippen LogP contribution in [0.25, 0.3) is 0 Å². The van der Waals surface area contributed by atoms with Crippen molar-refractivity contribution in [1.82, 2.24) is 5.32 Å². The predicted molar refractivity (Wildman–Crippen MR) is 35.9 cm³/mol. The highest BCUT2D eigenvalue weighted by molar-refractivity contribution is 5.85. The van der Waals surface area contributed by atoms with Gasteiger partial charge in [-0.15, -0.1) is 12.4 Å². The Morgan fingerprint density at radius 2 is 2.38 bits per heavy atom. The lowest BCUT2D eigenvalue weighted by atomic mass is 10.5. The molecule has 0 spiro atoms. The minimum absolute atomic E-state index is 0. The molecule has 0 radical (unpaired) electrons. The third-order valence-electron chi connectivity index (χ3n) is 0.514. The quantitative estimate of drug-likeness (QED) is 0.562. The van der Waals surface area contributed by atoms with E-state index in [9.17, 15) is 0 Å². The molecule has 46 valence electrons. The van der Waals surface area contributed by atoms with Crippen LogP contribution < -0.4 is 5.32 Å². The Morgan fingerprint density at radius 3 is 2.75 bits per heavy atom. The molecule has 0 aliphatic carbocycles. The third-order valence-corrected chi connectivity index (χ3v) is 0.514. The van der Waals surface area contributed by atoms with E-state index in [0.29, 0.717) is 0 Å². The van der Waals surface area contributed by atoms with Gasteiger partial charge in [0.25, 0.3) is 0 Å². The highest BCUT2D eigenvalue weighted by Gasteiger charge is 1.64. The zero-order valence-electron chi connectivity index (χ0n) is 4.72. The summed E-state index contributed by atoms with van der Waals surface area (Å²) in [4.78, 5) is 0. The molecule has 0 fully saturated rings. The summed E-state index contributed by atoms with van der Waals surface area (Å²) in [5.74, 6) is 0. The van der Waals surface area contributed by atoms with Crippen LogP contribution in [-0.4, -0.2) is 13.6 Å². The van der Waals surface area contributed by atoms with E-state index in [1.165, 1.54) is 6.08 Å². The smallest absolute Gasteiger partial charge is 0.0909 e. The summed E-state index contributed by atoms with van der Waals surface area (Å²) in [5, 5.41) is 10.8. The molecule has 0 rings (SSSR count). The molecule has 0 aliphatic rings. The lowest BCUT2D eigenvalue weighted by Crippen LogP contribution is -2.03. The van der Waals surface area contributed by atoms with Gasteiger partial charge in [0, 0.05) is 12.6 Å². The molecular formula is C5H9ClN2. The van der Waals surface area contributed by atoms with E-state index in [4.69, 9.17) is 5.26 Å². The molecule has 0 amide bonds. The predicted octanol–water partition coefficient (Wildman–Crippen LogP) is 0.707. The molecule has 8 heavy (non-hydrogen) atoms. The van der Waals surface area contributed by atoms with Gasteiger partial charge in [0.1, 0.15) is 0 Å². The lowest BCUT2D eigenvalue weighted by Gasteiger charge is -1.81. The van der Waals surface area contributed by atoms with Crippen molar-refractivity contribution in [2.45, 2.75) is 0 Å². The zero-order chi connectivity index (χ0) is 5.54. The van der Waals surface area contributed by atoms with Crippen LogP contribution in [0.3, 0.4) is 0 Å². The first kappa shape index (κ1) is 10.5. The number of nitrogens with zero attached hydrogens (tertiary/aromatic N) is 1. The van der Waals surface area contributed by atoms with Crippen molar-refractivity contribution >= 4 is 12.4 Å². The number of hydrogen-bond donors (Lipinski definition) is 1. The number of allylic oxidation sites excluding steroid dienone is 1. The van der Waals surface area contributed by atoms with Crippen molar-refractivity contribution in [3.8, 4) is 6.07 Å². The molecule has 0 heterocycles. The van der Waals surface area contributed by atoms with E-state index in [1.54, 1.807) is 6.08 Å². The lowest BCUT2D eigenvalue weighted by molar-refractivity contribution is 0.920. The van der Waals surface area contributed by atoms with E-state index in [2.05, 4.69) is 5.32 Å². The second-order valence-electron chi connectivity index (χ2n) is 1.09. The van der Waals surface area contributed by atoms with Gasteiger partial charge in [0.05, 0.1) is 6.07 Å². The van der Waals surface area contributed by atoms with Crippen molar-refractivity contribution in [1.29, 1.82) is 5.26 Å². The molecule has 1 N–H and O–H groups in total. The van der Waals surface area contributed by atoms with Gasteiger partial charge in [-0.1, -0.05) is 6.08 Å². The van der Waals surface area contributed by atoms with Crippen LogP contribution in [0.15, 0.2) is 12.2 Å². The second kappa shape index (κ2) is 9.70. The highest BCUT2D eigenvalue weighted by atomic mass is 35.5. The van der Waals surface area contributed by atoms with Crippen LogP contribution in [0.4, 0.5) is 0 Å². The second-order valence-corrected chi connectivity index (χ2v) is 1.09. The van der Waals surface area contributed by atoms with Gasteiger partial charge in [0.15, 0.2) is 0 Å². The first-order chi connectivity index (χ1) is 3.41. The Bertz CT molecular complexity index is 93.1. The van der Waals surface area contributed by atoms with Crippen molar-refractivity contribution in [2.24, 2.45) is 0 Å². The van der Waals surface area contributed by atoms with Gasteiger partial charge in [-0.05, 0) is 7.05 Å². The average molecular weight is 133 g/mol. The van der Waals surface area contributed by atoms with E-state index in [-0.39, 0.29) is 12.4 Å². The molecule has 0 saturated carbocycles. The number of likely N-dealkylation sites (N-methyl/N-ethyl adjacent to an activating group) is 1. The molecule has 0 bridgehead atoms. The largest absolute Gasteiger partial charge is 0.316 e. The maximum absolute atomic E-state index is 7.93. The molecule has 0 aromatic carbocycles. The molecule has 3 heteroatoms. The van der Waals surface area contributed by atoms with Gasteiger partial charge in [0.2, 0.25) is 0 Å². The fourth-order valence-corrected chi connectivity index (χ4v) is 0.229. The Morgan fingerprint density at radius 1 is 1.75 bits per heavy atom. The van der Waals surface area contributed by atoms with Crippen molar-refractivity contribution in [3.05, 3.63) is 12.2 Å². The highest BCUT2D eigenvalue weighted by Crippen LogP contribution is 1.62. The fourth-order valence-electron chi connectivity index (χ4n) is 0.229. The molecule has 2 nitrogen and oxygen atoms in total. The Hall–Kier alpha value is -0.520. The first-order valence-electron chi connectivity index (χ1n) is 2.11. The number of nitriles is 1. The van der Waals surface area contributed by atoms with Crippen molar-refractivity contribution in [2.75, 3.05) is 13.6 Å². The summed E-state index contributed by atoms with van der Waals surface area (Å²) in [6.07, 6.45) is 3.22. The summed E-state index contributed by atoms with van der Waals surface area (Å²) >= 11 is 0. The summed E-state index contributed by atoms with van der Waals surface area (Å²) in [6.45, 7) is 0.771. The van der Waals surface area contributed by atoms with Crippen molar-refractivity contribution in [3.63, 3.8) is 0 Å². The van der Waals surface area contributed by atoms with Gasteiger partial charge in [-0.3, -0.25) is 0 Å². The summed E-state index contributed by atoms with van der Waals surface area (Å²) in [5.41, 5.74) is 0. The van der Waals surface area contributed by atoms with E-state index in [0.717, 1.165) is 6.54 Å². The Labute approximate surface area is 55.6 Å². The molecular weight excluding hydrogens is 124 g/mol. The van der Waals surface area contributed by atoms with E-state index >= 15 is 0 Å². The van der Waals surface area contributed by atoms with Crippen LogP contribution in [0.5, 0.6) is 0 Å². The SMILES string of the molecule is CNC/C=C/C#N.Cl. The van der Waals surface area contributed by atoms with Crippen molar-refractivity contribution < 1.29 is 0 Å². The molecule has 0 unspecified atom stereocenters. The minimum atomic E-state index is 0. The number of halogens is 1. The summed E-state index contributed by atoms with van der Waals surface area (Å²) < 4.78 is 0. The van der Waals surface area contributed by atoms with Crippen LogP contribution >= 0.6 is 12.4 Å². The average Bonchev–Trinajstić information content (AvgIpc) is 1.69. The van der Waals surface area contributed by atoms with Gasteiger partial charge < -0.3 is 5.32 Å². The minimum Gasteiger partial charge on any atom is -0.316 e. The number of nitrogens with one attached hydrogen (secondary N) is 1. The first-order valence-corrected chi connectivity index (χ1v) is 2.11. The maximum Gasteiger partial charge on any atom is 0.0909 e. The standard InChI is InChI=1S/C5H8N2.ClH/c1-7-5-3-2-4-6;/h2-3,7H,5H2,1H3;1H/b3-2+;. The Kier molecular flexibility index (Phi) is 12.7. The van der Waals surface area contributed by atoms with Gasteiger partial charge >= 0.3 is 0 Å². The fraction of sp³-hybridized carbons (Fsp3) is 0.400. The topological polar surface area (TPSA) is 35.8 Å². The molecule has 0 aliphatic heterocycles. The third kappa shape index (κ3) is 9.08. The molecule has 0 aromatic heterocycles. The van der Waals surface area contributed by atoms with Crippen LogP contribution in [0.1, 0.15) is 0 Å². The normalized spacial score (nSPS) is 8.00. The molecule has 0 atom stereocenters.